The van der Waals surface area contributed by atoms with Gasteiger partial charge in [0.2, 0.25) is 0 Å². The van der Waals surface area contributed by atoms with Crippen LogP contribution >= 0.6 is 22.9 Å². The third-order valence-corrected chi connectivity index (χ3v) is 5.74. The number of aryl methyl sites for hydroxylation is 1. The van der Waals surface area contributed by atoms with Crippen molar-refractivity contribution >= 4 is 22.9 Å². The summed E-state index contributed by atoms with van der Waals surface area (Å²) >= 11 is 8.56. The zero-order valence-electron chi connectivity index (χ0n) is 9.55. The monoisotopic (exact) mass is 242 g/mol. The van der Waals surface area contributed by atoms with Crippen molar-refractivity contribution in [3.8, 4) is 0 Å². The van der Waals surface area contributed by atoms with Gasteiger partial charge in [-0.1, -0.05) is 19.8 Å². The van der Waals surface area contributed by atoms with Crippen LogP contribution in [0.3, 0.4) is 0 Å². The van der Waals surface area contributed by atoms with Crippen molar-refractivity contribution in [3.05, 3.63) is 21.9 Å². The maximum atomic E-state index is 6.69. The Balaban J connectivity index is 2.21. The van der Waals surface area contributed by atoms with Crippen molar-refractivity contribution in [2.45, 2.75) is 51.3 Å². The molecule has 0 bridgehead atoms. The van der Waals surface area contributed by atoms with Crippen LogP contribution in [0.4, 0.5) is 0 Å². The highest BCUT2D eigenvalue weighted by Crippen LogP contribution is 2.54. The molecule has 0 aromatic carbocycles. The SMILES string of the molecule is CCC1(C(Cl)c2ccc(C)s2)CCCC1. The highest BCUT2D eigenvalue weighted by atomic mass is 35.5. The molecule has 1 atom stereocenters. The van der Waals surface area contributed by atoms with Gasteiger partial charge in [0.25, 0.3) is 0 Å². The molecule has 1 saturated carbocycles. The van der Waals surface area contributed by atoms with Crippen LogP contribution in [-0.2, 0) is 0 Å². The van der Waals surface area contributed by atoms with Gasteiger partial charge in [0.1, 0.15) is 0 Å². The molecule has 1 heterocycles. The van der Waals surface area contributed by atoms with Crippen LogP contribution in [0.1, 0.15) is 54.2 Å². The third-order valence-electron chi connectivity index (χ3n) is 3.85. The molecule has 0 amide bonds. The molecule has 0 saturated heterocycles. The van der Waals surface area contributed by atoms with E-state index in [1.165, 1.54) is 41.9 Å². The van der Waals surface area contributed by atoms with E-state index in [-0.39, 0.29) is 5.38 Å². The number of alkyl halides is 1. The summed E-state index contributed by atoms with van der Waals surface area (Å²) in [6, 6.07) is 4.40. The number of rotatable bonds is 3. The normalized spacial score (nSPS) is 21.8. The third kappa shape index (κ3) is 2.09. The Kier molecular flexibility index (Phi) is 3.42. The summed E-state index contributed by atoms with van der Waals surface area (Å²) in [6.07, 6.45) is 6.57. The highest BCUT2D eigenvalue weighted by molar-refractivity contribution is 7.12. The fourth-order valence-corrected chi connectivity index (χ4v) is 4.33. The van der Waals surface area contributed by atoms with E-state index >= 15 is 0 Å². The lowest BCUT2D eigenvalue weighted by Crippen LogP contribution is -2.20. The summed E-state index contributed by atoms with van der Waals surface area (Å²) in [4.78, 5) is 2.75. The predicted molar refractivity (Wildman–Crippen MR) is 68.8 cm³/mol. The molecule has 1 unspecified atom stereocenters. The largest absolute Gasteiger partial charge is 0.144 e. The molecule has 0 nitrogen and oxygen atoms in total. The Labute approximate surface area is 102 Å². The Morgan fingerprint density at radius 1 is 1.40 bits per heavy atom. The van der Waals surface area contributed by atoms with Gasteiger partial charge in [-0.25, -0.2) is 0 Å². The summed E-state index contributed by atoms with van der Waals surface area (Å²) in [5, 5.41) is 0.240. The van der Waals surface area contributed by atoms with Gasteiger partial charge >= 0.3 is 0 Å². The van der Waals surface area contributed by atoms with Crippen molar-refractivity contribution in [2.75, 3.05) is 0 Å². The zero-order chi connectivity index (χ0) is 10.9. The molecule has 2 heteroatoms. The fraction of sp³-hybridized carbons (Fsp3) is 0.692. The van der Waals surface area contributed by atoms with Gasteiger partial charge in [-0.15, -0.1) is 22.9 Å². The van der Waals surface area contributed by atoms with E-state index in [1.807, 2.05) is 11.3 Å². The van der Waals surface area contributed by atoms with Gasteiger partial charge < -0.3 is 0 Å². The van der Waals surface area contributed by atoms with E-state index < -0.39 is 0 Å². The Morgan fingerprint density at radius 3 is 2.53 bits per heavy atom. The van der Waals surface area contributed by atoms with Gasteiger partial charge in [0.05, 0.1) is 5.38 Å². The molecule has 0 aliphatic heterocycles. The van der Waals surface area contributed by atoms with Gasteiger partial charge in [0.15, 0.2) is 0 Å². The minimum atomic E-state index is 0.240. The smallest absolute Gasteiger partial charge is 0.0734 e. The summed E-state index contributed by atoms with van der Waals surface area (Å²) in [7, 11) is 0. The van der Waals surface area contributed by atoms with Crippen molar-refractivity contribution in [3.63, 3.8) is 0 Å². The quantitative estimate of drug-likeness (QED) is 0.631. The topological polar surface area (TPSA) is 0 Å². The Bertz CT molecular complexity index is 323. The summed E-state index contributed by atoms with van der Waals surface area (Å²) in [5.41, 5.74) is 0.388. The molecule has 0 spiro atoms. The van der Waals surface area contributed by atoms with Crippen LogP contribution in [0.25, 0.3) is 0 Å². The predicted octanol–water partition coefficient (Wildman–Crippen LogP) is 5.31. The van der Waals surface area contributed by atoms with E-state index in [2.05, 4.69) is 26.0 Å². The standard InChI is InChI=1S/C13H19ClS/c1-3-13(8-4-5-9-13)12(14)11-7-6-10(2)15-11/h6-7,12H,3-5,8-9H2,1-2H3. The van der Waals surface area contributed by atoms with E-state index in [4.69, 9.17) is 11.6 Å². The number of hydrogen-bond acceptors (Lipinski definition) is 1. The maximum absolute atomic E-state index is 6.69. The molecule has 15 heavy (non-hydrogen) atoms. The number of hydrogen-bond donors (Lipinski definition) is 0. The lowest BCUT2D eigenvalue weighted by Gasteiger charge is -2.32. The van der Waals surface area contributed by atoms with Crippen molar-refractivity contribution < 1.29 is 0 Å². The van der Waals surface area contributed by atoms with Crippen LogP contribution in [0.2, 0.25) is 0 Å². The average Bonchev–Trinajstić information content (AvgIpc) is 2.86. The first-order valence-corrected chi connectivity index (χ1v) is 7.14. The van der Waals surface area contributed by atoms with E-state index in [0.717, 1.165) is 0 Å². The first kappa shape index (κ1) is 11.5. The van der Waals surface area contributed by atoms with Crippen molar-refractivity contribution in [1.29, 1.82) is 0 Å². The highest BCUT2D eigenvalue weighted by Gasteiger charge is 2.39. The molecule has 0 radical (unpaired) electrons. The lowest BCUT2D eigenvalue weighted by molar-refractivity contribution is 0.273. The minimum Gasteiger partial charge on any atom is -0.144 e. The van der Waals surface area contributed by atoms with E-state index in [1.54, 1.807) is 0 Å². The minimum absolute atomic E-state index is 0.240. The summed E-state index contributed by atoms with van der Waals surface area (Å²) in [6.45, 7) is 4.45. The molecule has 84 valence electrons. The second-order valence-electron chi connectivity index (χ2n) is 4.73. The van der Waals surface area contributed by atoms with Gasteiger partial charge in [-0.3, -0.25) is 0 Å². The summed E-state index contributed by atoms with van der Waals surface area (Å²) < 4.78 is 0. The van der Waals surface area contributed by atoms with Gasteiger partial charge in [-0.2, -0.15) is 0 Å². The van der Waals surface area contributed by atoms with Crippen LogP contribution in [-0.4, -0.2) is 0 Å². The molecule has 0 N–H and O–H groups in total. The lowest BCUT2D eigenvalue weighted by atomic mass is 9.79. The van der Waals surface area contributed by atoms with Gasteiger partial charge in [-0.05, 0) is 43.7 Å². The van der Waals surface area contributed by atoms with Crippen LogP contribution in [0.5, 0.6) is 0 Å². The van der Waals surface area contributed by atoms with Crippen LogP contribution < -0.4 is 0 Å². The molecular weight excluding hydrogens is 224 g/mol. The number of thiophene rings is 1. The second kappa shape index (κ2) is 4.47. The average molecular weight is 243 g/mol. The second-order valence-corrected chi connectivity index (χ2v) is 6.49. The fourth-order valence-electron chi connectivity index (χ4n) is 2.76. The molecular formula is C13H19ClS. The summed E-state index contributed by atoms with van der Waals surface area (Å²) in [5.74, 6) is 0. The Hall–Kier alpha value is -0.0100. The molecule has 1 aliphatic rings. The number of halogens is 1. The Morgan fingerprint density at radius 2 is 2.07 bits per heavy atom. The molecule has 1 aliphatic carbocycles. The molecule has 1 aromatic rings. The first-order valence-electron chi connectivity index (χ1n) is 5.88. The van der Waals surface area contributed by atoms with Crippen molar-refractivity contribution in [2.24, 2.45) is 5.41 Å². The zero-order valence-corrected chi connectivity index (χ0v) is 11.1. The van der Waals surface area contributed by atoms with E-state index in [0.29, 0.717) is 5.41 Å². The van der Waals surface area contributed by atoms with Crippen LogP contribution in [0.15, 0.2) is 12.1 Å². The van der Waals surface area contributed by atoms with Crippen LogP contribution in [0, 0.1) is 12.3 Å². The van der Waals surface area contributed by atoms with Crippen molar-refractivity contribution in [1.82, 2.24) is 0 Å². The molecule has 2 rings (SSSR count). The maximum Gasteiger partial charge on any atom is 0.0734 e. The molecule has 1 aromatic heterocycles. The van der Waals surface area contributed by atoms with E-state index in [9.17, 15) is 0 Å². The van der Waals surface area contributed by atoms with Gasteiger partial charge in [0, 0.05) is 9.75 Å². The molecule has 1 fully saturated rings. The first-order chi connectivity index (χ1) is 7.18.